The van der Waals surface area contributed by atoms with E-state index in [2.05, 4.69) is 4.72 Å². The first-order valence-electron chi connectivity index (χ1n) is 2.08. The smallest absolute Gasteiger partial charge is 0.134 e. The van der Waals surface area contributed by atoms with Gasteiger partial charge in [0.15, 0.2) is 0 Å². The predicted octanol–water partition coefficient (Wildman–Crippen LogP) is 0.460. The van der Waals surface area contributed by atoms with E-state index in [9.17, 15) is 0 Å². The van der Waals surface area contributed by atoms with E-state index in [0.29, 0.717) is 0 Å². The van der Waals surface area contributed by atoms with E-state index in [0.717, 1.165) is 4.91 Å². The Morgan fingerprint density at radius 1 is 2.00 bits per heavy atom. The summed E-state index contributed by atoms with van der Waals surface area (Å²) in [6.45, 7) is 1.95. The monoisotopic (exact) mass is 117 g/mol. The van der Waals surface area contributed by atoms with Crippen molar-refractivity contribution >= 4 is 11.9 Å². The van der Waals surface area contributed by atoms with Crippen LogP contribution < -0.4 is 4.72 Å². The van der Waals surface area contributed by atoms with E-state index in [1.807, 2.05) is 6.92 Å². The summed E-state index contributed by atoms with van der Waals surface area (Å²) in [5.74, 6) is 0. The van der Waals surface area contributed by atoms with Gasteiger partial charge in [-0.2, -0.15) is 0 Å². The average Bonchev–Trinajstić information content (AvgIpc) is 1.87. The molecule has 1 rings (SSSR count). The SMILES string of the molecule is CC1=CC(O)NS1. The molecule has 0 radical (unpaired) electrons. The number of aliphatic hydroxyl groups excluding tert-OH is 1. The molecule has 40 valence electrons. The average molecular weight is 117 g/mol. The standard InChI is InChI=1S/C4H7NOS/c1-3-2-4(6)5-7-3/h2,4-6H,1H3. The van der Waals surface area contributed by atoms with E-state index in [4.69, 9.17) is 5.11 Å². The second-order valence-electron chi connectivity index (χ2n) is 1.44. The van der Waals surface area contributed by atoms with Crippen molar-refractivity contribution in [2.75, 3.05) is 0 Å². The lowest BCUT2D eigenvalue weighted by atomic mass is 10.5. The number of rotatable bonds is 0. The van der Waals surface area contributed by atoms with Crippen LogP contribution in [0.5, 0.6) is 0 Å². The molecule has 0 saturated heterocycles. The van der Waals surface area contributed by atoms with Gasteiger partial charge in [-0.3, -0.25) is 0 Å². The van der Waals surface area contributed by atoms with Gasteiger partial charge in [0.05, 0.1) is 0 Å². The molecule has 7 heavy (non-hydrogen) atoms. The largest absolute Gasteiger partial charge is 0.374 e. The second kappa shape index (κ2) is 1.86. The van der Waals surface area contributed by atoms with Crippen LogP contribution in [0.15, 0.2) is 11.0 Å². The van der Waals surface area contributed by atoms with Gasteiger partial charge in [0.2, 0.25) is 0 Å². The summed E-state index contributed by atoms with van der Waals surface area (Å²) in [5.41, 5.74) is 0. The maximum absolute atomic E-state index is 8.69. The number of aliphatic hydroxyl groups is 1. The van der Waals surface area contributed by atoms with Crippen molar-refractivity contribution in [1.82, 2.24) is 4.72 Å². The molecule has 0 aromatic heterocycles. The highest BCUT2D eigenvalue weighted by Gasteiger charge is 2.06. The molecule has 1 unspecified atom stereocenters. The van der Waals surface area contributed by atoms with Crippen LogP contribution in [-0.4, -0.2) is 11.3 Å². The Bertz CT molecular complexity index is 102. The minimum absolute atomic E-state index is 0.426. The summed E-state index contributed by atoms with van der Waals surface area (Å²) in [5, 5.41) is 8.69. The molecular formula is C4H7NOS. The van der Waals surface area contributed by atoms with Crippen molar-refractivity contribution in [2.24, 2.45) is 0 Å². The summed E-state index contributed by atoms with van der Waals surface area (Å²) in [7, 11) is 0. The molecule has 1 atom stereocenters. The molecule has 0 fully saturated rings. The maximum atomic E-state index is 8.69. The van der Waals surface area contributed by atoms with Crippen LogP contribution in [0.25, 0.3) is 0 Å². The minimum atomic E-state index is -0.426. The fraction of sp³-hybridized carbons (Fsp3) is 0.500. The third kappa shape index (κ3) is 1.19. The lowest BCUT2D eigenvalue weighted by molar-refractivity contribution is 0.219. The van der Waals surface area contributed by atoms with E-state index >= 15 is 0 Å². The molecule has 0 spiro atoms. The first-order chi connectivity index (χ1) is 3.29. The van der Waals surface area contributed by atoms with Crippen molar-refractivity contribution in [3.05, 3.63) is 11.0 Å². The molecule has 0 amide bonds. The molecular weight excluding hydrogens is 110 g/mol. The molecule has 1 aliphatic heterocycles. The molecule has 1 heterocycles. The zero-order valence-electron chi connectivity index (χ0n) is 4.01. The Balaban J connectivity index is 2.50. The highest BCUT2D eigenvalue weighted by Crippen LogP contribution is 2.17. The van der Waals surface area contributed by atoms with Gasteiger partial charge in [0.25, 0.3) is 0 Å². The third-order valence-electron chi connectivity index (χ3n) is 0.733. The second-order valence-corrected chi connectivity index (χ2v) is 2.53. The number of nitrogens with one attached hydrogen (secondary N) is 1. The summed E-state index contributed by atoms with van der Waals surface area (Å²) >= 11 is 1.47. The van der Waals surface area contributed by atoms with Crippen LogP contribution in [0.4, 0.5) is 0 Å². The molecule has 2 nitrogen and oxygen atoms in total. The van der Waals surface area contributed by atoms with Gasteiger partial charge < -0.3 is 5.11 Å². The zero-order chi connectivity index (χ0) is 5.28. The zero-order valence-corrected chi connectivity index (χ0v) is 4.83. The van der Waals surface area contributed by atoms with Crippen LogP contribution >= 0.6 is 11.9 Å². The fourth-order valence-electron chi connectivity index (χ4n) is 0.444. The lowest BCUT2D eigenvalue weighted by Gasteiger charge is -1.92. The molecule has 0 saturated carbocycles. The topological polar surface area (TPSA) is 32.3 Å². The molecule has 0 aromatic carbocycles. The Morgan fingerprint density at radius 3 is 2.86 bits per heavy atom. The predicted molar refractivity (Wildman–Crippen MR) is 30.5 cm³/mol. The highest BCUT2D eigenvalue weighted by atomic mass is 32.2. The van der Waals surface area contributed by atoms with Crippen molar-refractivity contribution in [3.8, 4) is 0 Å². The quantitative estimate of drug-likeness (QED) is 0.452. The molecule has 0 bridgehead atoms. The van der Waals surface area contributed by atoms with Gasteiger partial charge in [0.1, 0.15) is 6.23 Å². The van der Waals surface area contributed by atoms with E-state index < -0.39 is 6.23 Å². The van der Waals surface area contributed by atoms with Crippen molar-refractivity contribution in [2.45, 2.75) is 13.2 Å². The number of hydrogen-bond donors (Lipinski definition) is 2. The molecule has 1 aliphatic rings. The Kier molecular flexibility index (Phi) is 1.37. The van der Waals surface area contributed by atoms with Crippen molar-refractivity contribution in [3.63, 3.8) is 0 Å². The lowest BCUT2D eigenvalue weighted by Crippen LogP contribution is -2.13. The first kappa shape index (κ1) is 5.15. The van der Waals surface area contributed by atoms with Crippen LogP contribution in [0, 0.1) is 0 Å². The summed E-state index contributed by atoms with van der Waals surface area (Å²) in [4.78, 5) is 1.13. The Morgan fingerprint density at radius 2 is 2.71 bits per heavy atom. The van der Waals surface area contributed by atoms with Crippen LogP contribution in [0.1, 0.15) is 6.92 Å². The number of hydrogen-bond acceptors (Lipinski definition) is 3. The maximum Gasteiger partial charge on any atom is 0.134 e. The Hall–Kier alpha value is 0.0100. The summed E-state index contributed by atoms with van der Waals surface area (Å²) in [6, 6.07) is 0. The first-order valence-corrected chi connectivity index (χ1v) is 2.89. The van der Waals surface area contributed by atoms with E-state index in [-0.39, 0.29) is 0 Å². The molecule has 2 N–H and O–H groups in total. The molecule has 3 heteroatoms. The van der Waals surface area contributed by atoms with Crippen molar-refractivity contribution < 1.29 is 5.11 Å². The van der Waals surface area contributed by atoms with E-state index in [1.54, 1.807) is 6.08 Å². The third-order valence-corrected chi connectivity index (χ3v) is 1.55. The minimum Gasteiger partial charge on any atom is -0.374 e. The van der Waals surface area contributed by atoms with Gasteiger partial charge in [-0.25, -0.2) is 4.72 Å². The van der Waals surface area contributed by atoms with Crippen LogP contribution in [0.3, 0.4) is 0 Å². The number of allylic oxidation sites excluding steroid dienone is 1. The van der Waals surface area contributed by atoms with Gasteiger partial charge in [-0.15, -0.1) is 0 Å². The van der Waals surface area contributed by atoms with Gasteiger partial charge in [0, 0.05) is 0 Å². The molecule has 0 aliphatic carbocycles. The van der Waals surface area contributed by atoms with Crippen LogP contribution in [0.2, 0.25) is 0 Å². The van der Waals surface area contributed by atoms with Gasteiger partial charge in [-0.1, -0.05) is 0 Å². The Labute approximate surface area is 46.7 Å². The normalized spacial score (nSPS) is 30.6. The fourth-order valence-corrected chi connectivity index (χ4v) is 1.02. The van der Waals surface area contributed by atoms with Crippen molar-refractivity contribution in [1.29, 1.82) is 0 Å². The van der Waals surface area contributed by atoms with Gasteiger partial charge in [-0.05, 0) is 29.9 Å². The summed E-state index contributed by atoms with van der Waals surface area (Å²) < 4.78 is 2.75. The molecule has 0 aromatic rings. The van der Waals surface area contributed by atoms with E-state index in [1.165, 1.54) is 11.9 Å². The summed E-state index contributed by atoms with van der Waals surface area (Å²) in [6.07, 6.45) is 1.34. The van der Waals surface area contributed by atoms with Gasteiger partial charge >= 0.3 is 0 Å². The highest BCUT2D eigenvalue weighted by molar-refractivity contribution is 8.01. The van der Waals surface area contributed by atoms with Crippen LogP contribution in [-0.2, 0) is 0 Å².